The number of nitrogens with two attached hydrogens (primary N) is 1. The van der Waals surface area contributed by atoms with E-state index in [1.54, 1.807) is 0 Å². The number of hydrogen-bond acceptors (Lipinski definition) is 3. The van der Waals surface area contributed by atoms with Crippen LogP contribution >= 0.6 is 0 Å². The number of rotatable bonds is 10. The van der Waals surface area contributed by atoms with Crippen molar-refractivity contribution < 1.29 is 4.74 Å². The van der Waals surface area contributed by atoms with Crippen LogP contribution in [0.3, 0.4) is 0 Å². The van der Waals surface area contributed by atoms with Crippen molar-refractivity contribution in [3.63, 3.8) is 0 Å². The minimum atomic E-state index is 0.633. The Kier molecular flexibility index (Phi) is 10.3. The fraction of sp³-hybridized carbons (Fsp3) is 1.00. The molecule has 0 aromatic heterocycles. The van der Waals surface area contributed by atoms with E-state index in [1.807, 2.05) is 0 Å². The van der Waals surface area contributed by atoms with Crippen LogP contribution in [0.25, 0.3) is 0 Å². The van der Waals surface area contributed by atoms with E-state index in [2.05, 4.69) is 25.7 Å². The van der Waals surface area contributed by atoms with Crippen LogP contribution in [0.1, 0.15) is 33.6 Å². The maximum absolute atomic E-state index is 5.58. The van der Waals surface area contributed by atoms with E-state index in [0.717, 1.165) is 45.8 Å². The SMILES string of the molecule is CCCN(CCCN)CCOCC(C)C. The maximum Gasteiger partial charge on any atom is 0.0593 e. The van der Waals surface area contributed by atoms with Crippen LogP contribution in [0.5, 0.6) is 0 Å². The predicted molar refractivity (Wildman–Crippen MR) is 66.1 cm³/mol. The molecule has 0 aliphatic heterocycles. The second kappa shape index (κ2) is 10.4. The Bertz CT molecular complexity index is 129. The second-order valence-corrected chi connectivity index (χ2v) is 4.45. The van der Waals surface area contributed by atoms with Crippen LogP contribution in [0.15, 0.2) is 0 Å². The van der Waals surface area contributed by atoms with Crippen LogP contribution in [-0.2, 0) is 4.74 Å². The lowest BCUT2D eigenvalue weighted by Gasteiger charge is -2.21. The molecule has 0 saturated heterocycles. The monoisotopic (exact) mass is 216 g/mol. The van der Waals surface area contributed by atoms with E-state index in [9.17, 15) is 0 Å². The highest BCUT2D eigenvalue weighted by atomic mass is 16.5. The molecule has 0 spiro atoms. The van der Waals surface area contributed by atoms with Gasteiger partial charge in [-0.15, -0.1) is 0 Å². The lowest BCUT2D eigenvalue weighted by Crippen LogP contribution is -2.31. The van der Waals surface area contributed by atoms with Gasteiger partial charge in [-0.25, -0.2) is 0 Å². The summed E-state index contributed by atoms with van der Waals surface area (Å²) in [6, 6.07) is 0. The smallest absolute Gasteiger partial charge is 0.0593 e. The minimum absolute atomic E-state index is 0.633. The lowest BCUT2D eigenvalue weighted by atomic mass is 10.2. The third-order valence-electron chi connectivity index (χ3n) is 2.22. The van der Waals surface area contributed by atoms with Crippen molar-refractivity contribution >= 4 is 0 Å². The van der Waals surface area contributed by atoms with Crippen LogP contribution in [0.4, 0.5) is 0 Å². The van der Waals surface area contributed by atoms with Crippen molar-refractivity contribution in [3.05, 3.63) is 0 Å². The molecule has 0 aromatic carbocycles. The molecular weight excluding hydrogens is 188 g/mol. The zero-order valence-corrected chi connectivity index (χ0v) is 10.7. The highest BCUT2D eigenvalue weighted by Crippen LogP contribution is 1.96. The van der Waals surface area contributed by atoms with Crippen LogP contribution in [-0.4, -0.2) is 44.3 Å². The first-order valence-electron chi connectivity index (χ1n) is 6.20. The minimum Gasteiger partial charge on any atom is -0.380 e. The average molecular weight is 216 g/mol. The third kappa shape index (κ3) is 10.2. The predicted octanol–water partition coefficient (Wildman–Crippen LogP) is 1.72. The van der Waals surface area contributed by atoms with Gasteiger partial charge in [0.05, 0.1) is 6.61 Å². The van der Waals surface area contributed by atoms with E-state index in [-0.39, 0.29) is 0 Å². The van der Waals surface area contributed by atoms with E-state index < -0.39 is 0 Å². The fourth-order valence-electron chi connectivity index (χ4n) is 1.48. The lowest BCUT2D eigenvalue weighted by molar-refractivity contribution is 0.0851. The van der Waals surface area contributed by atoms with Gasteiger partial charge in [0.25, 0.3) is 0 Å². The third-order valence-corrected chi connectivity index (χ3v) is 2.22. The van der Waals surface area contributed by atoms with Crippen LogP contribution in [0, 0.1) is 5.92 Å². The standard InChI is InChI=1S/C12H28N2O/c1-4-7-14(8-5-6-13)9-10-15-11-12(2)3/h12H,4-11,13H2,1-3H3. The first-order chi connectivity index (χ1) is 7.20. The fourth-order valence-corrected chi connectivity index (χ4v) is 1.48. The van der Waals surface area contributed by atoms with Gasteiger partial charge in [-0.3, -0.25) is 0 Å². The van der Waals surface area contributed by atoms with Crippen molar-refractivity contribution in [2.24, 2.45) is 11.7 Å². The van der Waals surface area contributed by atoms with E-state index in [0.29, 0.717) is 5.92 Å². The van der Waals surface area contributed by atoms with E-state index in [4.69, 9.17) is 10.5 Å². The summed E-state index contributed by atoms with van der Waals surface area (Å²) < 4.78 is 5.58. The average Bonchev–Trinajstić information content (AvgIpc) is 2.20. The van der Waals surface area contributed by atoms with Crippen molar-refractivity contribution in [3.8, 4) is 0 Å². The van der Waals surface area contributed by atoms with Crippen LogP contribution in [0.2, 0.25) is 0 Å². The van der Waals surface area contributed by atoms with Crippen LogP contribution < -0.4 is 5.73 Å². The molecule has 3 nitrogen and oxygen atoms in total. The molecule has 3 heteroatoms. The molecule has 0 radical (unpaired) electrons. The van der Waals surface area contributed by atoms with E-state index >= 15 is 0 Å². The summed E-state index contributed by atoms with van der Waals surface area (Å²) in [7, 11) is 0. The van der Waals surface area contributed by atoms with Gasteiger partial charge in [0.2, 0.25) is 0 Å². The molecule has 0 amide bonds. The van der Waals surface area contributed by atoms with Gasteiger partial charge in [-0.1, -0.05) is 20.8 Å². The number of ether oxygens (including phenoxy) is 1. The van der Waals surface area contributed by atoms with Gasteiger partial charge in [-0.05, 0) is 38.4 Å². The molecule has 0 aliphatic rings. The number of hydrogen-bond donors (Lipinski definition) is 1. The number of nitrogens with zero attached hydrogens (tertiary/aromatic N) is 1. The normalized spacial score (nSPS) is 11.6. The molecule has 0 saturated carbocycles. The quantitative estimate of drug-likeness (QED) is 0.565. The summed E-state index contributed by atoms with van der Waals surface area (Å²) in [5, 5.41) is 0. The Hall–Kier alpha value is -0.120. The van der Waals surface area contributed by atoms with Crippen molar-refractivity contribution in [1.82, 2.24) is 4.90 Å². The van der Waals surface area contributed by atoms with Gasteiger partial charge in [0, 0.05) is 13.2 Å². The second-order valence-electron chi connectivity index (χ2n) is 4.45. The Labute approximate surface area is 95.0 Å². The summed E-state index contributed by atoms with van der Waals surface area (Å²) in [5.41, 5.74) is 5.51. The summed E-state index contributed by atoms with van der Waals surface area (Å²) >= 11 is 0. The first-order valence-corrected chi connectivity index (χ1v) is 6.20. The molecule has 2 N–H and O–H groups in total. The van der Waals surface area contributed by atoms with Crippen molar-refractivity contribution in [2.45, 2.75) is 33.6 Å². The Morgan fingerprint density at radius 1 is 1.20 bits per heavy atom. The molecule has 0 fully saturated rings. The van der Waals surface area contributed by atoms with Gasteiger partial charge in [-0.2, -0.15) is 0 Å². The zero-order valence-electron chi connectivity index (χ0n) is 10.7. The summed E-state index contributed by atoms with van der Waals surface area (Å²) in [6.07, 6.45) is 2.29. The summed E-state index contributed by atoms with van der Waals surface area (Å²) in [5.74, 6) is 0.633. The molecule has 92 valence electrons. The molecule has 0 heterocycles. The Morgan fingerprint density at radius 2 is 1.93 bits per heavy atom. The maximum atomic E-state index is 5.58. The molecule has 0 bridgehead atoms. The molecule has 0 unspecified atom stereocenters. The van der Waals surface area contributed by atoms with Gasteiger partial charge in [0.1, 0.15) is 0 Å². The molecule has 0 aliphatic carbocycles. The Balaban J connectivity index is 3.47. The van der Waals surface area contributed by atoms with Gasteiger partial charge < -0.3 is 15.4 Å². The molecule has 0 rings (SSSR count). The van der Waals surface area contributed by atoms with Gasteiger partial charge >= 0.3 is 0 Å². The Morgan fingerprint density at radius 3 is 2.47 bits per heavy atom. The molecular formula is C12H28N2O. The highest BCUT2D eigenvalue weighted by Gasteiger charge is 2.03. The molecule has 0 aromatic rings. The van der Waals surface area contributed by atoms with Crippen molar-refractivity contribution in [2.75, 3.05) is 39.4 Å². The largest absolute Gasteiger partial charge is 0.380 e. The topological polar surface area (TPSA) is 38.5 Å². The van der Waals surface area contributed by atoms with Gasteiger partial charge in [0.15, 0.2) is 0 Å². The molecule has 15 heavy (non-hydrogen) atoms. The van der Waals surface area contributed by atoms with Crippen molar-refractivity contribution in [1.29, 1.82) is 0 Å². The summed E-state index contributed by atoms with van der Waals surface area (Å²) in [6.45, 7) is 12.4. The summed E-state index contributed by atoms with van der Waals surface area (Å²) in [4.78, 5) is 2.44. The highest BCUT2D eigenvalue weighted by molar-refractivity contribution is 4.57. The first kappa shape index (κ1) is 14.9. The van der Waals surface area contributed by atoms with E-state index in [1.165, 1.54) is 6.42 Å². The zero-order chi connectivity index (χ0) is 11.5. The molecule has 0 atom stereocenters.